The second kappa shape index (κ2) is 5.50. The number of ether oxygens (including phenoxy) is 1. The van der Waals surface area contributed by atoms with Crippen LogP contribution in [0.25, 0.3) is 0 Å². The molecule has 2 nitrogen and oxygen atoms in total. The molecule has 0 amide bonds. The van der Waals surface area contributed by atoms with Crippen molar-refractivity contribution in [1.29, 1.82) is 0 Å². The number of para-hydroxylation sites is 1. The lowest BCUT2D eigenvalue weighted by Crippen LogP contribution is -2.34. The smallest absolute Gasteiger partial charge is 0.123 e. The van der Waals surface area contributed by atoms with Crippen LogP contribution in [0.15, 0.2) is 24.3 Å². The maximum Gasteiger partial charge on any atom is 0.123 e. The minimum Gasteiger partial charge on any atom is -0.488 e. The van der Waals surface area contributed by atoms with Gasteiger partial charge in [-0.05, 0) is 36.9 Å². The molecule has 98 valence electrons. The van der Waals surface area contributed by atoms with Gasteiger partial charge >= 0.3 is 0 Å². The molecule has 3 atom stereocenters. The minimum atomic E-state index is 0.289. The Balaban J connectivity index is 1.43. The number of benzene rings is 1. The number of rotatable bonds is 4. The summed E-state index contributed by atoms with van der Waals surface area (Å²) in [5.41, 5.74) is 1.33. The van der Waals surface area contributed by atoms with Crippen LogP contribution < -0.4 is 10.1 Å². The van der Waals surface area contributed by atoms with E-state index in [1.54, 1.807) is 0 Å². The Labute approximate surface area is 114 Å². The summed E-state index contributed by atoms with van der Waals surface area (Å²) < 4.78 is 5.90. The summed E-state index contributed by atoms with van der Waals surface area (Å²) in [6, 6.07) is 8.32. The summed E-state index contributed by atoms with van der Waals surface area (Å²) in [5.74, 6) is 1.70. The van der Waals surface area contributed by atoms with Crippen LogP contribution in [0, 0.1) is 5.92 Å². The van der Waals surface area contributed by atoms with Gasteiger partial charge in [-0.25, -0.2) is 0 Å². The third-order valence-corrected chi connectivity index (χ3v) is 4.63. The zero-order valence-corrected chi connectivity index (χ0v) is 11.3. The molecule has 3 heteroatoms. The molecule has 1 aliphatic heterocycles. The quantitative estimate of drug-likeness (QED) is 0.845. The predicted molar refractivity (Wildman–Crippen MR) is 74.4 cm³/mol. The Hall–Kier alpha value is -0.730. The monoisotopic (exact) mass is 265 g/mol. The molecule has 1 fully saturated rings. The molecule has 2 aliphatic rings. The number of halogens is 1. The van der Waals surface area contributed by atoms with Gasteiger partial charge in [0, 0.05) is 18.3 Å². The number of fused-ring (bicyclic) bond motifs is 1. The molecule has 3 rings (SSSR count). The molecule has 0 saturated heterocycles. The molecule has 0 aromatic heterocycles. The fraction of sp³-hybridized carbons (Fsp3) is 0.600. The first-order valence-electron chi connectivity index (χ1n) is 6.92. The predicted octanol–water partition coefficient (Wildman–Crippen LogP) is 2.99. The summed E-state index contributed by atoms with van der Waals surface area (Å²) in [6.07, 6.45) is 5.05. The van der Waals surface area contributed by atoms with Crippen LogP contribution in [0.3, 0.4) is 0 Å². The average Bonchev–Trinajstić information content (AvgIpc) is 2.96. The highest BCUT2D eigenvalue weighted by atomic mass is 35.5. The van der Waals surface area contributed by atoms with Crippen LogP contribution >= 0.6 is 11.6 Å². The first-order valence-corrected chi connectivity index (χ1v) is 7.36. The van der Waals surface area contributed by atoms with Gasteiger partial charge in [-0.15, -0.1) is 11.6 Å². The second-order valence-electron chi connectivity index (χ2n) is 5.42. The van der Waals surface area contributed by atoms with Crippen molar-refractivity contribution in [2.24, 2.45) is 5.92 Å². The molecule has 18 heavy (non-hydrogen) atoms. The van der Waals surface area contributed by atoms with E-state index in [4.69, 9.17) is 16.3 Å². The van der Waals surface area contributed by atoms with Crippen LogP contribution in [0.2, 0.25) is 0 Å². The summed E-state index contributed by atoms with van der Waals surface area (Å²) in [7, 11) is 0. The zero-order chi connectivity index (χ0) is 12.4. The van der Waals surface area contributed by atoms with Crippen LogP contribution in [-0.2, 0) is 6.42 Å². The Morgan fingerprint density at radius 3 is 2.89 bits per heavy atom. The Morgan fingerprint density at radius 1 is 1.22 bits per heavy atom. The molecule has 3 unspecified atom stereocenters. The van der Waals surface area contributed by atoms with E-state index in [0.29, 0.717) is 11.3 Å². The van der Waals surface area contributed by atoms with Crippen molar-refractivity contribution >= 4 is 11.6 Å². The zero-order valence-electron chi connectivity index (χ0n) is 10.6. The lowest BCUT2D eigenvalue weighted by molar-refractivity contribution is 0.225. The number of alkyl halides is 1. The van der Waals surface area contributed by atoms with E-state index in [2.05, 4.69) is 23.5 Å². The molecule has 1 heterocycles. The first-order chi connectivity index (χ1) is 8.83. The van der Waals surface area contributed by atoms with E-state index >= 15 is 0 Å². The summed E-state index contributed by atoms with van der Waals surface area (Å²) in [6.45, 7) is 1.96. The van der Waals surface area contributed by atoms with Gasteiger partial charge in [0.1, 0.15) is 11.9 Å². The van der Waals surface area contributed by atoms with E-state index < -0.39 is 0 Å². The number of nitrogens with one attached hydrogen (secondary N) is 1. The molecule has 1 aromatic rings. The molecule has 0 spiro atoms. The molecule has 0 bridgehead atoms. The topological polar surface area (TPSA) is 21.3 Å². The van der Waals surface area contributed by atoms with E-state index in [0.717, 1.165) is 25.3 Å². The van der Waals surface area contributed by atoms with Crippen LogP contribution in [-0.4, -0.2) is 24.6 Å². The van der Waals surface area contributed by atoms with Crippen molar-refractivity contribution < 1.29 is 4.74 Å². The molecule has 1 N–H and O–H groups in total. The second-order valence-corrected chi connectivity index (χ2v) is 5.98. The van der Waals surface area contributed by atoms with Crippen molar-refractivity contribution in [3.05, 3.63) is 29.8 Å². The van der Waals surface area contributed by atoms with Crippen molar-refractivity contribution in [2.45, 2.75) is 37.2 Å². The van der Waals surface area contributed by atoms with Gasteiger partial charge in [-0.1, -0.05) is 24.6 Å². The minimum absolute atomic E-state index is 0.289. The molecular formula is C15H20ClNO. The van der Waals surface area contributed by atoms with Gasteiger partial charge in [-0.2, -0.15) is 0 Å². The summed E-state index contributed by atoms with van der Waals surface area (Å²) >= 11 is 6.28. The third kappa shape index (κ3) is 2.65. The van der Waals surface area contributed by atoms with Gasteiger partial charge < -0.3 is 10.1 Å². The van der Waals surface area contributed by atoms with E-state index in [-0.39, 0.29) is 6.10 Å². The molecular weight excluding hydrogens is 246 g/mol. The van der Waals surface area contributed by atoms with Crippen LogP contribution in [0.4, 0.5) is 0 Å². The highest BCUT2D eigenvalue weighted by molar-refractivity contribution is 6.20. The van der Waals surface area contributed by atoms with Crippen molar-refractivity contribution in [3.63, 3.8) is 0 Å². The van der Waals surface area contributed by atoms with Gasteiger partial charge in [0.2, 0.25) is 0 Å². The third-order valence-electron chi connectivity index (χ3n) is 4.06. The van der Waals surface area contributed by atoms with Gasteiger partial charge in [0.15, 0.2) is 0 Å². The normalized spacial score (nSPS) is 30.2. The van der Waals surface area contributed by atoms with Crippen LogP contribution in [0.1, 0.15) is 24.8 Å². The van der Waals surface area contributed by atoms with Crippen molar-refractivity contribution in [1.82, 2.24) is 5.32 Å². The molecule has 1 aromatic carbocycles. The van der Waals surface area contributed by atoms with Crippen molar-refractivity contribution in [3.8, 4) is 5.75 Å². The Bertz CT molecular complexity index is 384. The standard InChI is InChI=1S/C15H20ClNO/c16-14-6-3-5-12(14)9-17-10-13-8-11-4-1-2-7-15(11)18-13/h1-2,4,7,12-14,17H,3,5-6,8-10H2. The van der Waals surface area contributed by atoms with Gasteiger partial charge in [0.25, 0.3) is 0 Å². The molecule has 1 aliphatic carbocycles. The molecule has 0 radical (unpaired) electrons. The Morgan fingerprint density at radius 2 is 2.11 bits per heavy atom. The van der Waals surface area contributed by atoms with E-state index in [1.807, 2.05) is 6.07 Å². The SMILES string of the molecule is ClC1CCCC1CNCC1Cc2ccccc2O1. The highest BCUT2D eigenvalue weighted by Gasteiger charge is 2.26. The maximum atomic E-state index is 6.28. The van der Waals surface area contributed by atoms with E-state index in [1.165, 1.54) is 24.8 Å². The molecule has 1 saturated carbocycles. The van der Waals surface area contributed by atoms with Crippen molar-refractivity contribution in [2.75, 3.05) is 13.1 Å². The largest absolute Gasteiger partial charge is 0.488 e. The first kappa shape index (κ1) is 12.3. The highest BCUT2D eigenvalue weighted by Crippen LogP contribution is 2.30. The number of hydrogen-bond acceptors (Lipinski definition) is 2. The summed E-state index contributed by atoms with van der Waals surface area (Å²) in [4.78, 5) is 0. The summed E-state index contributed by atoms with van der Waals surface area (Å²) in [5, 5.41) is 3.90. The fourth-order valence-electron chi connectivity index (χ4n) is 3.02. The van der Waals surface area contributed by atoms with Crippen LogP contribution in [0.5, 0.6) is 5.75 Å². The van der Waals surface area contributed by atoms with Gasteiger partial charge in [0.05, 0.1) is 0 Å². The van der Waals surface area contributed by atoms with E-state index in [9.17, 15) is 0 Å². The average molecular weight is 266 g/mol. The lowest BCUT2D eigenvalue weighted by Gasteiger charge is -2.17. The Kier molecular flexibility index (Phi) is 3.76. The lowest BCUT2D eigenvalue weighted by atomic mass is 10.1. The maximum absolute atomic E-state index is 6.28. The van der Waals surface area contributed by atoms with Gasteiger partial charge in [-0.3, -0.25) is 0 Å². The fourth-order valence-corrected chi connectivity index (χ4v) is 3.39. The number of hydrogen-bond donors (Lipinski definition) is 1.